The third kappa shape index (κ3) is 2.65. The highest BCUT2D eigenvalue weighted by Crippen LogP contribution is 2.22. The number of ether oxygens (including phenoxy) is 1. The monoisotopic (exact) mass is 285 g/mol. The molecule has 0 bridgehead atoms. The molecule has 3 aromatic rings. The molecule has 0 fully saturated rings. The molecule has 2 aromatic carbocycles. The second-order valence-electron chi connectivity index (χ2n) is 4.16. The summed E-state index contributed by atoms with van der Waals surface area (Å²) >= 11 is 5.81. The van der Waals surface area contributed by atoms with Crippen LogP contribution in [0, 0.1) is 0 Å². The highest BCUT2D eigenvalue weighted by molar-refractivity contribution is 6.16. The van der Waals surface area contributed by atoms with Crippen molar-refractivity contribution in [1.29, 1.82) is 0 Å². The van der Waals surface area contributed by atoms with E-state index in [1.54, 1.807) is 6.33 Å². The zero-order valence-corrected chi connectivity index (χ0v) is 11.4. The van der Waals surface area contributed by atoms with Crippen LogP contribution in [0.15, 0.2) is 60.9 Å². The van der Waals surface area contributed by atoms with Crippen LogP contribution in [0.2, 0.25) is 0 Å². The Kier molecular flexibility index (Phi) is 3.65. The fourth-order valence-corrected chi connectivity index (χ4v) is 2.05. The lowest BCUT2D eigenvalue weighted by molar-refractivity contribution is 0.482. The normalized spacial score (nSPS) is 10.4. The van der Waals surface area contributed by atoms with E-state index in [0.717, 1.165) is 17.2 Å². The Hall–Kier alpha value is -2.33. The number of rotatable bonds is 4. The Bertz CT molecular complexity index is 680. The fourth-order valence-electron chi connectivity index (χ4n) is 1.87. The summed E-state index contributed by atoms with van der Waals surface area (Å²) in [5, 5.41) is 7.81. The smallest absolute Gasteiger partial charge is 0.152 e. The summed E-state index contributed by atoms with van der Waals surface area (Å²) in [5.74, 6) is 2.62. The first-order chi connectivity index (χ1) is 9.86. The molecule has 5 heteroatoms. The molecule has 100 valence electrons. The van der Waals surface area contributed by atoms with Gasteiger partial charge in [-0.05, 0) is 36.4 Å². The second-order valence-corrected chi connectivity index (χ2v) is 4.43. The van der Waals surface area contributed by atoms with Gasteiger partial charge in [-0.2, -0.15) is 0 Å². The molecule has 0 spiro atoms. The predicted molar refractivity (Wildman–Crippen MR) is 77.4 cm³/mol. The van der Waals surface area contributed by atoms with Gasteiger partial charge in [0, 0.05) is 5.69 Å². The van der Waals surface area contributed by atoms with Gasteiger partial charge in [-0.15, -0.1) is 21.8 Å². The van der Waals surface area contributed by atoms with Crippen molar-refractivity contribution >= 4 is 11.6 Å². The van der Waals surface area contributed by atoms with E-state index in [-0.39, 0.29) is 0 Å². The number of para-hydroxylation sites is 1. The number of hydrogen-bond acceptors (Lipinski definition) is 3. The summed E-state index contributed by atoms with van der Waals surface area (Å²) in [6.07, 6.45) is 1.64. The van der Waals surface area contributed by atoms with Crippen molar-refractivity contribution in [1.82, 2.24) is 14.8 Å². The van der Waals surface area contributed by atoms with Crippen LogP contribution < -0.4 is 4.74 Å². The molecule has 1 aromatic heterocycles. The third-order valence-corrected chi connectivity index (χ3v) is 3.07. The van der Waals surface area contributed by atoms with E-state index < -0.39 is 0 Å². The van der Waals surface area contributed by atoms with E-state index in [1.165, 1.54) is 0 Å². The first kappa shape index (κ1) is 12.7. The number of halogens is 1. The van der Waals surface area contributed by atoms with E-state index in [0.29, 0.717) is 11.7 Å². The number of nitrogens with zero attached hydrogens (tertiary/aromatic N) is 3. The molecular formula is C15H12ClN3O. The Morgan fingerprint density at radius 3 is 2.35 bits per heavy atom. The summed E-state index contributed by atoms with van der Waals surface area (Å²) in [4.78, 5) is 0. The highest BCUT2D eigenvalue weighted by atomic mass is 35.5. The van der Waals surface area contributed by atoms with Crippen LogP contribution in [-0.4, -0.2) is 14.8 Å². The van der Waals surface area contributed by atoms with E-state index in [2.05, 4.69) is 10.2 Å². The Morgan fingerprint density at radius 1 is 0.950 bits per heavy atom. The van der Waals surface area contributed by atoms with Crippen LogP contribution in [0.1, 0.15) is 5.82 Å². The minimum absolute atomic E-state index is 0.322. The van der Waals surface area contributed by atoms with Gasteiger partial charge < -0.3 is 4.74 Å². The minimum atomic E-state index is 0.322. The van der Waals surface area contributed by atoms with E-state index in [9.17, 15) is 0 Å². The van der Waals surface area contributed by atoms with Crippen molar-refractivity contribution in [3.8, 4) is 17.2 Å². The summed E-state index contributed by atoms with van der Waals surface area (Å²) in [7, 11) is 0. The van der Waals surface area contributed by atoms with Crippen molar-refractivity contribution in [3.63, 3.8) is 0 Å². The predicted octanol–water partition coefficient (Wildman–Crippen LogP) is 3.80. The summed E-state index contributed by atoms with van der Waals surface area (Å²) in [6, 6.07) is 17.4. The Morgan fingerprint density at radius 2 is 1.65 bits per heavy atom. The third-order valence-electron chi connectivity index (χ3n) is 2.83. The van der Waals surface area contributed by atoms with Gasteiger partial charge in [0.05, 0.1) is 5.88 Å². The Balaban J connectivity index is 1.81. The van der Waals surface area contributed by atoms with Crippen molar-refractivity contribution < 1.29 is 4.74 Å². The lowest BCUT2D eigenvalue weighted by atomic mass is 10.3. The molecule has 0 N–H and O–H groups in total. The van der Waals surface area contributed by atoms with Crippen molar-refractivity contribution in [2.75, 3.05) is 0 Å². The molecule has 0 radical (unpaired) electrons. The average Bonchev–Trinajstić information content (AvgIpc) is 2.98. The van der Waals surface area contributed by atoms with Crippen molar-refractivity contribution in [3.05, 3.63) is 66.7 Å². The molecular weight excluding hydrogens is 274 g/mol. The van der Waals surface area contributed by atoms with Crippen LogP contribution in [-0.2, 0) is 5.88 Å². The molecule has 0 saturated heterocycles. The Labute approximate surface area is 121 Å². The molecule has 0 unspecified atom stereocenters. The number of aromatic nitrogens is 3. The molecule has 3 rings (SSSR count). The van der Waals surface area contributed by atoms with Gasteiger partial charge in [-0.1, -0.05) is 18.2 Å². The van der Waals surface area contributed by atoms with Gasteiger partial charge in [-0.25, -0.2) is 0 Å². The van der Waals surface area contributed by atoms with E-state index in [4.69, 9.17) is 16.3 Å². The topological polar surface area (TPSA) is 39.9 Å². The van der Waals surface area contributed by atoms with Crippen LogP contribution >= 0.6 is 11.6 Å². The molecule has 0 aliphatic carbocycles. The lowest BCUT2D eigenvalue weighted by Crippen LogP contribution is -1.97. The number of alkyl halides is 1. The number of hydrogen-bond donors (Lipinski definition) is 0. The molecule has 20 heavy (non-hydrogen) atoms. The molecule has 1 heterocycles. The summed E-state index contributed by atoms with van der Waals surface area (Å²) < 4.78 is 7.59. The minimum Gasteiger partial charge on any atom is -0.457 e. The molecule has 4 nitrogen and oxygen atoms in total. The van der Waals surface area contributed by atoms with Gasteiger partial charge in [0.2, 0.25) is 0 Å². The average molecular weight is 286 g/mol. The largest absolute Gasteiger partial charge is 0.457 e. The van der Waals surface area contributed by atoms with E-state index >= 15 is 0 Å². The first-order valence-corrected chi connectivity index (χ1v) is 6.68. The zero-order chi connectivity index (χ0) is 13.8. The number of benzene rings is 2. The van der Waals surface area contributed by atoms with Crippen LogP contribution in [0.4, 0.5) is 0 Å². The maximum Gasteiger partial charge on any atom is 0.152 e. The zero-order valence-electron chi connectivity index (χ0n) is 10.6. The maximum absolute atomic E-state index is 5.81. The van der Waals surface area contributed by atoms with Crippen molar-refractivity contribution in [2.45, 2.75) is 5.88 Å². The van der Waals surface area contributed by atoms with Gasteiger partial charge in [0.1, 0.15) is 17.8 Å². The maximum atomic E-state index is 5.81. The molecule has 0 amide bonds. The lowest BCUT2D eigenvalue weighted by Gasteiger charge is -2.08. The molecule has 0 atom stereocenters. The van der Waals surface area contributed by atoms with Crippen LogP contribution in [0.25, 0.3) is 5.69 Å². The van der Waals surface area contributed by atoms with E-state index in [1.807, 2.05) is 59.2 Å². The van der Waals surface area contributed by atoms with Crippen LogP contribution in [0.5, 0.6) is 11.5 Å². The highest BCUT2D eigenvalue weighted by Gasteiger charge is 2.05. The summed E-state index contributed by atoms with van der Waals surface area (Å²) in [5.41, 5.74) is 0.950. The van der Waals surface area contributed by atoms with Crippen molar-refractivity contribution in [2.24, 2.45) is 0 Å². The SMILES string of the molecule is ClCc1nncn1-c1ccc(Oc2ccccc2)cc1. The molecule has 0 aliphatic heterocycles. The quantitative estimate of drug-likeness (QED) is 0.685. The van der Waals surface area contributed by atoms with Gasteiger partial charge in [0.15, 0.2) is 5.82 Å². The first-order valence-electron chi connectivity index (χ1n) is 6.15. The van der Waals surface area contributed by atoms with Gasteiger partial charge in [0.25, 0.3) is 0 Å². The fraction of sp³-hybridized carbons (Fsp3) is 0.0667. The second kappa shape index (κ2) is 5.75. The van der Waals surface area contributed by atoms with Crippen LogP contribution in [0.3, 0.4) is 0 Å². The molecule has 0 saturated carbocycles. The molecule has 0 aliphatic rings. The standard InChI is InChI=1S/C15H12ClN3O/c16-10-15-18-17-11-19(15)12-6-8-14(9-7-12)20-13-4-2-1-3-5-13/h1-9,11H,10H2. The van der Waals surface area contributed by atoms with Gasteiger partial charge >= 0.3 is 0 Å². The summed E-state index contributed by atoms with van der Waals surface area (Å²) in [6.45, 7) is 0. The van der Waals surface area contributed by atoms with Gasteiger partial charge in [-0.3, -0.25) is 4.57 Å².